The molecule has 0 saturated heterocycles. The predicted molar refractivity (Wildman–Crippen MR) is 441 cm³/mol. The van der Waals surface area contributed by atoms with E-state index in [-0.39, 0.29) is 115 Å². The second-order valence-electron chi connectivity index (χ2n) is 28.8. The Labute approximate surface area is 669 Å². The lowest BCUT2D eigenvalue weighted by molar-refractivity contribution is -0.173. The zero-order valence-electron chi connectivity index (χ0n) is 67.8. The van der Waals surface area contributed by atoms with Crippen molar-refractivity contribution in [2.24, 2.45) is 16.2 Å². The number of hydrogen-bond acceptors (Lipinski definition) is 16. The van der Waals surface area contributed by atoms with Crippen LogP contribution in [-0.2, 0) is 107 Å². The van der Waals surface area contributed by atoms with Crippen molar-refractivity contribution in [1.29, 1.82) is 0 Å². The van der Waals surface area contributed by atoms with E-state index in [0.29, 0.717) is 11.1 Å². The third-order valence-electron chi connectivity index (χ3n) is 21.9. The van der Waals surface area contributed by atoms with Gasteiger partial charge in [-0.25, -0.2) is 0 Å². The summed E-state index contributed by atoms with van der Waals surface area (Å²) in [6.07, 6.45) is 23.5. The molecule has 0 amide bonds. The van der Waals surface area contributed by atoms with E-state index in [2.05, 4.69) is 161 Å². The lowest BCUT2D eigenvalue weighted by Crippen LogP contribution is -2.43. The van der Waals surface area contributed by atoms with Crippen LogP contribution in [0.15, 0.2) is 122 Å². The third-order valence-corrected chi connectivity index (χ3v) is 21.9. The Balaban J connectivity index is 0.000000289. The molecule has 0 aliphatic heterocycles. The zero-order valence-corrected chi connectivity index (χ0v) is 67.8. The maximum atomic E-state index is 13.4. The van der Waals surface area contributed by atoms with Gasteiger partial charge in [0.2, 0.25) is 0 Å². The molecule has 0 spiro atoms. The van der Waals surface area contributed by atoms with Crippen LogP contribution >= 0.6 is 0 Å². The third kappa shape index (κ3) is 19.3. The lowest BCUT2D eigenvalue weighted by Gasteiger charge is -2.33. The van der Waals surface area contributed by atoms with Crippen molar-refractivity contribution in [3.8, 4) is 92.9 Å². The van der Waals surface area contributed by atoms with Crippen LogP contribution in [-0.4, -0.2) is 109 Å². The summed E-state index contributed by atoms with van der Waals surface area (Å²) in [6, 6.07) is 34.1. The molecule has 0 heterocycles. The van der Waals surface area contributed by atoms with Crippen LogP contribution in [0.25, 0.3) is 44.5 Å². The standard InChI is InChI=1S/C53H62O10.C27H30O2.C13H16O4.C4H4/c1-7-13-19-51(20-14-8-2)45-25-33(43-23-37-29-52(47(56)60-9-3,48(57)61-10-4)27-35(37)21-39(43)31-54)15-17-41(45)42-18-16-34(26-46(42)51)44-24-38-30-53(49(58)62-11-5,50(59)63-12-6)28-36(38)22-40(44)32-55;1-3-5-15-27(16-6-4-2)25-19-21(9-7-17-28)11-13-23(25)24-14-12-22(10-8-18-29)20-26(24)27;1-5-9-13(10-6-2,11(14)16-7-3)12(15)17-8-4;1-3-4-2/h15-18,21-26,54-55H,7-14,19-20,27-32H2,1-6H3;11-14,19-20,28-29H,3-6,15-18H2,1-2H3;1-2H,7-10H2,3-4H3;1-2H2. The van der Waals surface area contributed by atoms with Crippen LogP contribution in [0.4, 0.5) is 0 Å². The van der Waals surface area contributed by atoms with Crippen LogP contribution < -0.4 is 0 Å². The second-order valence-corrected chi connectivity index (χ2v) is 28.8. The number of rotatable bonds is 30. The summed E-state index contributed by atoms with van der Waals surface area (Å²) in [5.74, 6) is 12.5. The zero-order chi connectivity index (χ0) is 82.5. The first-order chi connectivity index (χ1) is 54.6. The Morgan fingerprint density at radius 2 is 0.690 bits per heavy atom. The average molecular weight is 1530 g/mol. The normalized spacial score (nSPS) is 13.7. The number of carbonyl (C=O) groups is 6. The van der Waals surface area contributed by atoms with Crippen molar-refractivity contribution in [3.05, 3.63) is 188 Å². The summed E-state index contributed by atoms with van der Waals surface area (Å²) in [7, 11) is 0. The van der Waals surface area contributed by atoms with Crippen LogP contribution in [0.1, 0.15) is 226 Å². The number of carbonyl (C=O) groups excluding carboxylic acids is 6. The quantitative estimate of drug-likeness (QED) is 0.0108. The second kappa shape index (κ2) is 42.4. The monoisotopic (exact) mass is 1530 g/mol. The Morgan fingerprint density at radius 1 is 0.398 bits per heavy atom. The van der Waals surface area contributed by atoms with Crippen LogP contribution in [0.5, 0.6) is 0 Å². The van der Waals surface area contributed by atoms with Crippen LogP contribution in [0.3, 0.4) is 0 Å². The lowest BCUT2D eigenvalue weighted by atomic mass is 9.70. The minimum absolute atomic E-state index is 0.0233. The largest absolute Gasteiger partial charge is 0.465 e. The van der Waals surface area contributed by atoms with Gasteiger partial charge in [-0.1, -0.05) is 175 Å². The van der Waals surface area contributed by atoms with Gasteiger partial charge < -0.3 is 48.8 Å². The number of benzene rings is 6. The molecule has 0 radical (unpaired) electrons. The molecule has 6 aromatic rings. The molecule has 0 atom stereocenters. The molecule has 16 heteroatoms. The highest BCUT2D eigenvalue weighted by Gasteiger charge is 2.55. The van der Waals surface area contributed by atoms with E-state index in [1.807, 2.05) is 24.3 Å². The fourth-order valence-electron chi connectivity index (χ4n) is 16.5. The molecule has 0 fully saturated rings. The SMILES string of the molecule is C#CCC(CC#C)(C(=O)OCC)C(=O)OCC.C=C=C=C.CCCCC1(CCCC)c2cc(-c3cc4c(cc3CO)CC(C(=O)OCC)(C(=O)OCC)C4)ccc2-c2ccc(-c3cc4c(cc3CO)CC(C(=O)OCC)(C(=O)OCC)C4)cc21.CCCCC1(CCCC)c2cc(C#CCO)ccc2-c2ccc(C#CCO)cc21. The Hall–Kier alpha value is -10.5. The van der Waals surface area contributed by atoms with E-state index in [4.69, 9.17) is 51.5 Å². The molecule has 113 heavy (non-hydrogen) atoms. The molecule has 4 aliphatic carbocycles. The van der Waals surface area contributed by atoms with Crippen molar-refractivity contribution in [2.75, 3.05) is 52.9 Å². The number of hydrogen-bond donors (Lipinski definition) is 4. The van der Waals surface area contributed by atoms with E-state index in [0.717, 1.165) is 131 Å². The van der Waals surface area contributed by atoms with Gasteiger partial charge >= 0.3 is 35.8 Å². The summed E-state index contributed by atoms with van der Waals surface area (Å²) in [5, 5.41) is 39.8. The maximum Gasteiger partial charge on any atom is 0.325 e. The molecule has 0 unspecified atom stereocenters. The summed E-state index contributed by atoms with van der Waals surface area (Å²) in [5.41, 5.74) is 20.2. The number of aliphatic hydroxyl groups excluding tert-OH is 4. The molecule has 16 nitrogen and oxygen atoms in total. The van der Waals surface area contributed by atoms with Gasteiger partial charge in [0.05, 0.1) is 52.9 Å². The summed E-state index contributed by atoms with van der Waals surface area (Å²) >= 11 is 0. The van der Waals surface area contributed by atoms with Gasteiger partial charge in [-0.05, 0) is 243 Å². The fraction of sp³-hybridized carbons (Fsp3) is 0.443. The molecule has 0 bridgehead atoms. The molecule has 4 aliphatic rings. The summed E-state index contributed by atoms with van der Waals surface area (Å²) in [6.45, 7) is 25.6. The molecule has 10 rings (SSSR count). The predicted octanol–water partition coefficient (Wildman–Crippen LogP) is 16.4. The van der Waals surface area contributed by atoms with Crippen molar-refractivity contribution in [1.82, 2.24) is 0 Å². The van der Waals surface area contributed by atoms with E-state index < -0.39 is 52.1 Å². The summed E-state index contributed by atoms with van der Waals surface area (Å²) < 4.78 is 31.5. The Morgan fingerprint density at radius 3 is 0.956 bits per heavy atom. The van der Waals surface area contributed by atoms with E-state index in [9.17, 15) is 39.0 Å². The van der Waals surface area contributed by atoms with E-state index >= 15 is 0 Å². The van der Waals surface area contributed by atoms with Crippen molar-refractivity contribution in [2.45, 2.75) is 209 Å². The number of esters is 6. The highest BCUT2D eigenvalue weighted by molar-refractivity contribution is 6.03. The van der Waals surface area contributed by atoms with Gasteiger partial charge in [0.1, 0.15) is 13.2 Å². The van der Waals surface area contributed by atoms with Gasteiger partial charge in [-0.2, -0.15) is 0 Å². The van der Waals surface area contributed by atoms with Crippen LogP contribution in [0.2, 0.25) is 0 Å². The first-order valence-corrected chi connectivity index (χ1v) is 39.9. The topological polar surface area (TPSA) is 239 Å². The van der Waals surface area contributed by atoms with Gasteiger partial charge in [-0.3, -0.25) is 28.8 Å². The Kier molecular flexibility index (Phi) is 33.7. The number of aliphatic hydroxyl groups is 4. The fourth-order valence-corrected chi connectivity index (χ4v) is 16.5. The maximum absolute atomic E-state index is 13.4. The minimum Gasteiger partial charge on any atom is -0.465 e. The first-order valence-electron chi connectivity index (χ1n) is 39.9. The van der Waals surface area contributed by atoms with E-state index in [1.165, 1.54) is 46.2 Å². The van der Waals surface area contributed by atoms with Gasteiger partial charge in [0.15, 0.2) is 16.2 Å². The van der Waals surface area contributed by atoms with Gasteiger partial charge in [0, 0.05) is 34.8 Å². The number of fused-ring (bicyclic) bond motifs is 8. The molecule has 6 aromatic carbocycles. The van der Waals surface area contributed by atoms with Crippen molar-refractivity contribution in [3.63, 3.8) is 0 Å². The minimum atomic E-state index is -1.57. The van der Waals surface area contributed by atoms with Crippen molar-refractivity contribution >= 4 is 35.8 Å². The van der Waals surface area contributed by atoms with Gasteiger partial charge in [0.25, 0.3) is 0 Å². The van der Waals surface area contributed by atoms with Gasteiger partial charge in [-0.15, -0.1) is 24.7 Å². The molecular weight excluding hydrogens is 1420 g/mol. The Bertz CT molecular complexity index is 4380. The number of unbranched alkanes of at least 4 members (excludes halogenated alkanes) is 4. The molecular formula is C97H112O16. The van der Waals surface area contributed by atoms with E-state index in [1.54, 1.807) is 41.5 Å². The highest BCUT2D eigenvalue weighted by Crippen LogP contribution is 2.58. The van der Waals surface area contributed by atoms with Crippen LogP contribution in [0, 0.1) is 64.6 Å². The molecule has 0 saturated carbocycles. The molecule has 596 valence electrons. The van der Waals surface area contributed by atoms with Crippen molar-refractivity contribution < 1.29 is 77.6 Å². The smallest absolute Gasteiger partial charge is 0.325 e. The number of terminal acetylenes is 2. The first kappa shape index (κ1) is 89.7. The molecule has 0 aromatic heterocycles. The number of ether oxygens (including phenoxy) is 6. The molecule has 4 N–H and O–H groups in total. The highest BCUT2D eigenvalue weighted by atomic mass is 16.6. The summed E-state index contributed by atoms with van der Waals surface area (Å²) in [4.78, 5) is 77.5. The average Bonchev–Trinajstić information content (AvgIpc) is 1.56.